The van der Waals surface area contributed by atoms with Crippen molar-refractivity contribution in [3.05, 3.63) is 0 Å². The largest absolute Gasteiger partial charge is 0.464 e. The van der Waals surface area contributed by atoms with E-state index in [0.717, 1.165) is 12.8 Å². The molecule has 0 aliphatic rings. The fourth-order valence-electron chi connectivity index (χ4n) is 0.822. The van der Waals surface area contributed by atoms with Crippen LogP contribution in [-0.4, -0.2) is 23.8 Å². The first-order valence-electron chi connectivity index (χ1n) is 4.53. The van der Waals surface area contributed by atoms with E-state index in [4.69, 9.17) is 9.84 Å². The van der Waals surface area contributed by atoms with E-state index >= 15 is 0 Å². The Labute approximate surface area is 73.7 Å². The zero-order valence-corrected chi connectivity index (χ0v) is 7.88. The second-order valence-corrected chi connectivity index (χ2v) is 2.90. The highest BCUT2D eigenvalue weighted by atomic mass is 16.5. The second-order valence-electron chi connectivity index (χ2n) is 2.90. The Morgan fingerprint density at radius 1 is 1.42 bits per heavy atom. The van der Waals surface area contributed by atoms with Gasteiger partial charge in [0, 0.05) is 0 Å². The Balaban J connectivity index is 3.14. The quantitative estimate of drug-likeness (QED) is 0.490. The lowest BCUT2D eigenvalue weighted by Crippen LogP contribution is -2.19. The van der Waals surface area contributed by atoms with E-state index in [1.54, 1.807) is 0 Å². The van der Waals surface area contributed by atoms with Crippen LogP contribution < -0.4 is 0 Å². The van der Waals surface area contributed by atoms with Gasteiger partial charge in [-0.2, -0.15) is 0 Å². The number of esters is 1. The van der Waals surface area contributed by atoms with Crippen molar-refractivity contribution in [1.29, 1.82) is 0 Å². The maximum Gasteiger partial charge on any atom is 0.334 e. The summed E-state index contributed by atoms with van der Waals surface area (Å²) in [5.41, 5.74) is 0. The number of rotatable bonds is 6. The molecule has 72 valence electrons. The lowest BCUT2D eigenvalue weighted by Gasteiger charge is -2.05. The Kier molecular flexibility index (Phi) is 6.76. The van der Waals surface area contributed by atoms with Crippen molar-refractivity contribution in [3.8, 4) is 0 Å². The molecule has 0 saturated heterocycles. The Morgan fingerprint density at radius 3 is 2.58 bits per heavy atom. The molecular formula is C9H18O3. The fourth-order valence-corrected chi connectivity index (χ4v) is 0.822. The predicted molar refractivity (Wildman–Crippen MR) is 46.8 cm³/mol. The lowest BCUT2D eigenvalue weighted by molar-refractivity contribution is -0.152. The molecule has 0 fully saturated rings. The summed E-state index contributed by atoms with van der Waals surface area (Å²) in [7, 11) is 0. The van der Waals surface area contributed by atoms with Crippen molar-refractivity contribution in [3.63, 3.8) is 0 Å². The summed E-state index contributed by atoms with van der Waals surface area (Å²) in [4.78, 5) is 10.7. The molecule has 1 atom stereocenters. The summed E-state index contributed by atoms with van der Waals surface area (Å²) < 4.78 is 4.76. The molecule has 0 aliphatic heterocycles. The molecule has 0 unspecified atom stereocenters. The molecule has 0 spiro atoms. The van der Waals surface area contributed by atoms with Gasteiger partial charge in [-0.15, -0.1) is 0 Å². The highest BCUT2D eigenvalue weighted by molar-refractivity contribution is 5.73. The number of hydrogen-bond donors (Lipinski definition) is 1. The van der Waals surface area contributed by atoms with E-state index < -0.39 is 12.1 Å². The highest BCUT2D eigenvalue weighted by Crippen LogP contribution is 1.99. The van der Waals surface area contributed by atoms with Crippen molar-refractivity contribution in [2.75, 3.05) is 6.61 Å². The van der Waals surface area contributed by atoms with Gasteiger partial charge in [0.25, 0.3) is 0 Å². The molecule has 0 heterocycles. The van der Waals surface area contributed by atoms with Crippen LogP contribution in [-0.2, 0) is 9.53 Å². The Bertz CT molecular complexity index is 121. The molecule has 3 nitrogen and oxygen atoms in total. The molecule has 0 saturated carbocycles. The van der Waals surface area contributed by atoms with E-state index in [1.807, 2.05) is 0 Å². The number of aliphatic hydroxyl groups is 1. The van der Waals surface area contributed by atoms with Crippen molar-refractivity contribution in [1.82, 2.24) is 0 Å². The number of hydrogen-bond acceptors (Lipinski definition) is 3. The minimum atomic E-state index is -0.990. The number of ether oxygens (including phenoxy) is 1. The van der Waals surface area contributed by atoms with Crippen LogP contribution in [0, 0.1) is 0 Å². The summed E-state index contributed by atoms with van der Waals surface area (Å²) in [6, 6.07) is 0. The third-order valence-corrected chi connectivity index (χ3v) is 1.58. The summed E-state index contributed by atoms with van der Waals surface area (Å²) in [6.07, 6.45) is 3.34. The molecule has 0 rings (SSSR count). The van der Waals surface area contributed by atoms with Crippen LogP contribution in [0.2, 0.25) is 0 Å². The van der Waals surface area contributed by atoms with Gasteiger partial charge in [0.15, 0.2) is 0 Å². The van der Waals surface area contributed by atoms with Gasteiger partial charge in [0.2, 0.25) is 0 Å². The molecular weight excluding hydrogens is 156 g/mol. The maximum atomic E-state index is 10.7. The van der Waals surface area contributed by atoms with Gasteiger partial charge in [-0.1, -0.05) is 26.2 Å². The van der Waals surface area contributed by atoms with E-state index in [9.17, 15) is 4.79 Å². The van der Waals surface area contributed by atoms with Gasteiger partial charge in [0.1, 0.15) is 6.10 Å². The van der Waals surface area contributed by atoms with E-state index in [2.05, 4.69) is 6.92 Å². The van der Waals surface area contributed by atoms with Gasteiger partial charge in [-0.25, -0.2) is 4.79 Å². The van der Waals surface area contributed by atoms with Crippen LogP contribution in [0.25, 0.3) is 0 Å². The van der Waals surface area contributed by atoms with Crippen LogP contribution in [0.4, 0.5) is 0 Å². The first-order valence-corrected chi connectivity index (χ1v) is 4.53. The zero-order chi connectivity index (χ0) is 9.40. The summed E-state index contributed by atoms with van der Waals surface area (Å²) >= 11 is 0. The van der Waals surface area contributed by atoms with E-state index in [-0.39, 0.29) is 0 Å². The average Bonchev–Trinajstić information content (AvgIpc) is 2.03. The van der Waals surface area contributed by atoms with Crippen molar-refractivity contribution < 1.29 is 14.6 Å². The average molecular weight is 174 g/mol. The zero-order valence-electron chi connectivity index (χ0n) is 7.88. The minimum absolute atomic E-state index is 0.434. The van der Waals surface area contributed by atoms with Gasteiger partial charge in [0.05, 0.1) is 6.61 Å². The summed E-state index contributed by atoms with van der Waals surface area (Å²) in [5.74, 6) is -0.522. The maximum absolute atomic E-state index is 10.7. The molecule has 0 aliphatic carbocycles. The van der Waals surface area contributed by atoms with Gasteiger partial charge in [-0.05, 0) is 13.3 Å². The molecule has 1 N–H and O–H groups in total. The van der Waals surface area contributed by atoms with E-state index in [0.29, 0.717) is 6.61 Å². The van der Waals surface area contributed by atoms with Gasteiger partial charge < -0.3 is 9.84 Å². The number of carbonyl (C=O) groups excluding carboxylic acids is 1. The third kappa shape index (κ3) is 6.16. The van der Waals surface area contributed by atoms with Crippen molar-refractivity contribution in [2.45, 2.75) is 45.6 Å². The van der Waals surface area contributed by atoms with Crippen LogP contribution in [0.3, 0.4) is 0 Å². The first-order chi connectivity index (χ1) is 5.68. The van der Waals surface area contributed by atoms with Crippen LogP contribution in [0.5, 0.6) is 0 Å². The molecule has 0 aromatic heterocycles. The van der Waals surface area contributed by atoms with Gasteiger partial charge >= 0.3 is 5.97 Å². The molecule has 12 heavy (non-hydrogen) atoms. The number of unbranched alkanes of at least 4 members (excludes halogenated alkanes) is 3. The number of carbonyl (C=O) groups is 1. The molecule has 0 radical (unpaired) electrons. The van der Waals surface area contributed by atoms with E-state index in [1.165, 1.54) is 19.8 Å². The lowest BCUT2D eigenvalue weighted by atomic mass is 10.2. The first kappa shape index (κ1) is 11.4. The van der Waals surface area contributed by atoms with Crippen molar-refractivity contribution >= 4 is 5.97 Å². The molecule has 0 aromatic carbocycles. The minimum Gasteiger partial charge on any atom is -0.464 e. The summed E-state index contributed by atoms with van der Waals surface area (Å²) in [5, 5.41) is 8.75. The SMILES string of the molecule is CCCCCCOC(=O)[C@H](C)O. The summed E-state index contributed by atoms with van der Waals surface area (Å²) in [6.45, 7) is 3.97. The molecule has 3 heteroatoms. The second kappa shape index (κ2) is 7.10. The monoisotopic (exact) mass is 174 g/mol. The molecule has 0 bridgehead atoms. The van der Waals surface area contributed by atoms with Crippen molar-refractivity contribution in [2.24, 2.45) is 0 Å². The Hall–Kier alpha value is -0.570. The normalized spacial score (nSPS) is 12.6. The third-order valence-electron chi connectivity index (χ3n) is 1.58. The van der Waals surface area contributed by atoms with Gasteiger partial charge in [-0.3, -0.25) is 0 Å². The highest BCUT2D eigenvalue weighted by Gasteiger charge is 2.08. The molecule has 0 aromatic rings. The van der Waals surface area contributed by atoms with Crippen LogP contribution in [0.15, 0.2) is 0 Å². The fraction of sp³-hybridized carbons (Fsp3) is 0.889. The standard InChI is InChI=1S/C9H18O3/c1-3-4-5-6-7-12-9(11)8(2)10/h8,10H,3-7H2,1-2H3/t8-/m0/s1. The topological polar surface area (TPSA) is 46.5 Å². The van der Waals surface area contributed by atoms with Crippen LogP contribution >= 0.6 is 0 Å². The smallest absolute Gasteiger partial charge is 0.334 e. The predicted octanol–water partition coefficient (Wildman–Crippen LogP) is 1.49. The Morgan fingerprint density at radius 2 is 2.08 bits per heavy atom. The molecule has 0 amide bonds. The number of aliphatic hydroxyl groups excluding tert-OH is 1. The van der Waals surface area contributed by atoms with Crippen LogP contribution in [0.1, 0.15) is 39.5 Å².